The summed E-state index contributed by atoms with van der Waals surface area (Å²) in [6, 6.07) is 7.42. The van der Waals surface area contributed by atoms with Crippen molar-refractivity contribution in [1.82, 2.24) is 25.4 Å². The second kappa shape index (κ2) is 6.20. The zero-order valence-electron chi connectivity index (χ0n) is 13.4. The Hall–Kier alpha value is -2.70. The van der Waals surface area contributed by atoms with Gasteiger partial charge in [-0.2, -0.15) is 5.10 Å². The first-order valence-corrected chi connectivity index (χ1v) is 7.65. The van der Waals surface area contributed by atoms with Gasteiger partial charge in [-0.1, -0.05) is 19.9 Å². The number of amides is 1. The van der Waals surface area contributed by atoms with Gasteiger partial charge in [-0.15, -0.1) is 0 Å². The molecule has 1 N–H and O–H groups in total. The van der Waals surface area contributed by atoms with Crippen LogP contribution in [0, 0.1) is 0 Å². The lowest BCUT2D eigenvalue weighted by molar-refractivity contribution is 0.0940. The van der Waals surface area contributed by atoms with Gasteiger partial charge in [0.15, 0.2) is 0 Å². The van der Waals surface area contributed by atoms with Crippen molar-refractivity contribution in [3.05, 3.63) is 41.2 Å². The summed E-state index contributed by atoms with van der Waals surface area (Å²) >= 11 is 0. The van der Waals surface area contributed by atoms with Crippen LogP contribution in [0.25, 0.3) is 11.0 Å². The molecule has 2 heterocycles. The van der Waals surface area contributed by atoms with Crippen LogP contribution in [0.2, 0.25) is 0 Å². The molecule has 0 unspecified atom stereocenters. The fourth-order valence-corrected chi connectivity index (χ4v) is 2.35. The van der Waals surface area contributed by atoms with E-state index >= 15 is 0 Å². The van der Waals surface area contributed by atoms with Crippen LogP contribution in [0.1, 0.15) is 48.4 Å². The molecule has 0 fully saturated rings. The van der Waals surface area contributed by atoms with Crippen molar-refractivity contribution in [3.63, 3.8) is 0 Å². The number of aryl methyl sites for hydroxylation is 1. The quantitative estimate of drug-likeness (QED) is 0.782. The Morgan fingerprint density at radius 2 is 2.04 bits per heavy atom. The molecule has 3 aromatic rings. The zero-order valence-corrected chi connectivity index (χ0v) is 13.4. The minimum atomic E-state index is -0.135. The molecule has 1 amide bonds. The second-order valence-corrected chi connectivity index (χ2v) is 5.69. The molecule has 0 aliphatic heterocycles. The highest BCUT2D eigenvalue weighted by Gasteiger charge is 2.16. The fourth-order valence-electron chi connectivity index (χ4n) is 2.35. The summed E-state index contributed by atoms with van der Waals surface area (Å²) in [6.07, 6.45) is 0. The van der Waals surface area contributed by atoms with Gasteiger partial charge >= 0.3 is 0 Å². The number of fused-ring (bicyclic) bond motifs is 1. The van der Waals surface area contributed by atoms with Gasteiger partial charge in [0.25, 0.3) is 5.91 Å². The van der Waals surface area contributed by atoms with E-state index in [0.717, 1.165) is 11.3 Å². The molecule has 3 rings (SSSR count). The highest BCUT2D eigenvalue weighted by Crippen LogP contribution is 2.15. The van der Waals surface area contributed by atoms with Crippen molar-refractivity contribution in [2.45, 2.75) is 39.8 Å². The normalized spacial score (nSPS) is 11.3. The van der Waals surface area contributed by atoms with Gasteiger partial charge in [-0.3, -0.25) is 9.48 Å². The van der Waals surface area contributed by atoms with E-state index < -0.39 is 0 Å². The number of carbonyl (C=O) groups excluding carboxylic acids is 1. The summed E-state index contributed by atoms with van der Waals surface area (Å²) in [5.74, 6) is 0.154. The number of aromatic nitrogens is 4. The van der Waals surface area contributed by atoms with E-state index in [1.165, 1.54) is 0 Å². The van der Waals surface area contributed by atoms with Crippen molar-refractivity contribution in [3.8, 4) is 0 Å². The zero-order chi connectivity index (χ0) is 16.4. The van der Waals surface area contributed by atoms with Crippen LogP contribution in [-0.2, 0) is 13.1 Å². The van der Waals surface area contributed by atoms with Gasteiger partial charge in [-0.05, 0) is 46.9 Å². The van der Waals surface area contributed by atoms with E-state index in [1.54, 1.807) is 4.68 Å². The summed E-state index contributed by atoms with van der Waals surface area (Å²) in [5, 5.41) is 14.9. The van der Waals surface area contributed by atoms with E-state index in [9.17, 15) is 4.79 Å². The number of carbonyl (C=O) groups is 1. The van der Waals surface area contributed by atoms with Crippen molar-refractivity contribution < 1.29 is 9.42 Å². The molecule has 0 saturated heterocycles. The van der Waals surface area contributed by atoms with E-state index in [4.69, 9.17) is 0 Å². The van der Waals surface area contributed by atoms with E-state index in [1.807, 2.05) is 31.2 Å². The number of nitrogens with zero attached hydrogens (tertiary/aromatic N) is 4. The lowest BCUT2D eigenvalue weighted by Crippen LogP contribution is -2.25. The maximum atomic E-state index is 12.4. The van der Waals surface area contributed by atoms with Crippen LogP contribution in [0.5, 0.6) is 0 Å². The van der Waals surface area contributed by atoms with Crippen molar-refractivity contribution in [2.75, 3.05) is 0 Å². The average molecular weight is 313 g/mol. The molecule has 2 aromatic heterocycles. The third-order valence-corrected chi connectivity index (χ3v) is 3.69. The Kier molecular flexibility index (Phi) is 4.10. The van der Waals surface area contributed by atoms with Gasteiger partial charge in [0.05, 0.1) is 5.69 Å². The summed E-state index contributed by atoms with van der Waals surface area (Å²) < 4.78 is 6.40. The number of hydrogen-bond acceptors (Lipinski definition) is 5. The minimum Gasteiger partial charge on any atom is -0.347 e. The Balaban J connectivity index is 1.73. The molecule has 0 aliphatic rings. The molecular weight excluding hydrogens is 294 g/mol. The summed E-state index contributed by atoms with van der Waals surface area (Å²) in [5.41, 5.74) is 3.82. The van der Waals surface area contributed by atoms with Gasteiger partial charge in [0, 0.05) is 13.1 Å². The van der Waals surface area contributed by atoms with Crippen LogP contribution in [0.3, 0.4) is 0 Å². The largest absolute Gasteiger partial charge is 0.347 e. The highest BCUT2D eigenvalue weighted by atomic mass is 16.6. The molecule has 23 heavy (non-hydrogen) atoms. The molecule has 7 heteroatoms. The first-order valence-electron chi connectivity index (χ1n) is 7.65. The third-order valence-electron chi connectivity index (χ3n) is 3.69. The van der Waals surface area contributed by atoms with Crippen molar-refractivity contribution in [2.24, 2.45) is 0 Å². The third kappa shape index (κ3) is 3.08. The van der Waals surface area contributed by atoms with Crippen LogP contribution >= 0.6 is 0 Å². The van der Waals surface area contributed by atoms with Crippen LogP contribution < -0.4 is 5.32 Å². The smallest absolute Gasteiger partial charge is 0.269 e. The summed E-state index contributed by atoms with van der Waals surface area (Å²) in [4.78, 5) is 12.4. The first-order chi connectivity index (χ1) is 11.1. The van der Waals surface area contributed by atoms with Gasteiger partial charge in [-0.25, -0.2) is 4.63 Å². The standard InChI is InChI=1S/C16H19N5O2/c1-4-21-15(8-13(18-21)10(2)3)16(22)17-9-11-5-6-12-14(7-11)20-23-19-12/h5-8,10H,4,9H2,1-3H3,(H,17,22). The van der Waals surface area contributed by atoms with Crippen LogP contribution in [-0.4, -0.2) is 26.0 Å². The SMILES string of the molecule is CCn1nc(C(C)C)cc1C(=O)NCc1ccc2nonc2c1. The molecule has 0 spiro atoms. The van der Waals surface area contributed by atoms with E-state index in [-0.39, 0.29) is 11.8 Å². The van der Waals surface area contributed by atoms with Gasteiger partial charge in [0.2, 0.25) is 0 Å². The number of hydrogen-bond donors (Lipinski definition) is 1. The molecule has 0 atom stereocenters. The molecule has 0 aliphatic carbocycles. The van der Waals surface area contributed by atoms with E-state index in [0.29, 0.717) is 29.8 Å². The Morgan fingerprint density at radius 1 is 1.26 bits per heavy atom. The molecule has 0 radical (unpaired) electrons. The van der Waals surface area contributed by atoms with Crippen LogP contribution in [0.4, 0.5) is 0 Å². The van der Waals surface area contributed by atoms with Crippen molar-refractivity contribution >= 4 is 16.9 Å². The lowest BCUT2D eigenvalue weighted by atomic mass is 10.1. The average Bonchev–Trinajstić information content (AvgIpc) is 3.18. The number of nitrogens with one attached hydrogen (secondary N) is 1. The Labute approximate surface area is 133 Å². The highest BCUT2D eigenvalue weighted by molar-refractivity contribution is 5.92. The number of benzene rings is 1. The molecule has 1 aromatic carbocycles. The molecule has 0 saturated carbocycles. The predicted molar refractivity (Wildman–Crippen MR) is 85.0 cm³/mol. The maximum Gasteiger partial charge on any atom is 0.269 e. The predicted octanol–water partition coefficient (Wildman–Crippen LogP) is 2.49. The molecule has 7 nitrogen and oxygen atoms in total. The van der Waals surface area contributed by atoms with E-state index in [2.05, 4.69) is 39.2 Å². The fraction of sp³-hybridized carbons (Fsp3) is 0.375. The summed E-state index contributed by atoms with van der Waals surface area (Å²) in [6.45, 7) is 7.16. The molecule has 120 valence electrons. The maximum absolute atomic E-state index is 12.4. The van der Waals surface area contributed by atoms with Gasteiger partial charge < -0.3 is 5.32 Å². The van der Waals surface area contributed by atoms with Gasteiger partial charge in [0.1, 0.15) is 16.7 Å². The minimum absolute atomic E-state index is 0.135. The molecule has 0 bridgehead atoms. The topological polar surface area (TPSA) is 85.8 Å². The number of rotatable bonds is 5. The Bertz CT molecular complexity index is 834. The monoisotopic (exact) mass is 313 g/mol. The first kappa shape index (κ1) is 15.2. The molecular formula is C16H19N5O2. The summed E-state index contributed by atoms with van der Waals surface area (Å²) in [7, 11) is 0. The lowest BCUT2D eigenvalue weighted by Gasteiger charge is -2.06. The second-order valence-electron chi connectivity index (χ2n) is 5.69. The Morgan fingerprint density at radius 3 is 2.78 bits per heavy atom. The van der Waals surface area contributed by atoms with Crippen molar-refractivity contribution in [1.29, 1.82) is 0 Å². The van der Waals surface area contributed by atoms with Crippen LogP contribution in [0.15, 0.2) is 28.9 Å².